The number of benzene rings is 1. The quantitative estimate of drug-likeness (QED) is 0.478. The van der Waals surface area contributed by atoms with Gasteiger partial charge in [0.05, 0.1) is 0 Å². The molecule has 1 heteroatoms. The van der Waals surface area contributed by atoms with Crippen LogP contribution in [0.5, 0.6) is 0 Å². The van der Waals surface area contributed by atoms with Crippen LogP contribution in [0.1, 0.15) is 65.2 Å². The maximum absolute atomic E-state index is 3.11. The molecule has 0 unspecified atom stereocenters. The molecular weight excluding hydrogens is 230 g/mol. The van der Waals surface area contributed by atoms with E-state index in [0.717, 1.165) is 0 Å². The van der Waals surface area contributed by atoms with Crippen molar-refractivity contribution in [1.29, 1.82) is 0 Å². The van der Waals surface area contributed by atoms with Crippen molar-refractivity contribution in [2.45, 2.75) is 65.2 Å². The molecule has 0 heterocycles. The third kappa shape index (κ3) is 7.25. The van der Waals surface area contributed by atoms with Crippen molar-refractivity contribution in [3.63, 3.8) is 0 Å². The number of unbranched alkanes of at least 4 members (excludes halogenated alkanes) is 6. The number of nitrogens with zero attached hydrogens (tertiary/aromatic N) is 1. The lowest BCUT2D eigenvalue weighted by Crippen LogP contribution is -2.25. The average molecular weight is 260 g/mol. The maximum Gasteiger partial charge on any atom is 0.0366 e. The molecular formula is C18H30N. The smallest absolute Gasteiger partial charge is 0.0366 e. The molecule has 0 amide bonds. The minimum atomic E-state index is 1.20. The van der Waals surface area contributed by atoms with Crippen LogP contribution in [0.2, 0.25) is 0 Å². The van der Waals surface area contributed by atoms with Gasteiger partial charge in [-0.1, -0.05) is 64.5 Å². The maximum atomic E-state index is 3.11. The fourth-order valence-corrected chi connectivity index (χ4v) is 2.42. The Hall–Kier alpha value is -0.980. The first-order valence-electron chi connectivity index (χ1n) is 8.09. The fraction of sp³-hybridized carbons (Fsp3) is 0.667. The summed E-state index contributed by atoms with van der Waals surface area (Å²) in [6.07, 6.45) is 10.7. The Morgan fingerprint density at radius 1 is 0.789 bits per heavy atom. The van der Waals surface area contributed by atoms with Crippen LogP contribution < -0.4 is 4.90 Å². The van der Waals surface area contributed by atoms with Crippen LogP contribution in [0.15, 0.2) is 24.3 Å². The summed E-state index contributed by atoms with van der Waals surface area (Å²) >= 11 is 0. The first-order valence-corrected chi connectivity index (χ1v) is 8.09. The van der Waals surface area contributed by atoms with Crippen molar-refractivity contribution in [3.05, 3.63) is 30.3 Å². The summed E-state index contributed by atoms with van der Waals surface area (Å²) in [4.78, 5) is 2.55. The van der Waals surface area contributed by atoms with Gasteiger partial charge in [-0.3, -0.25) is 0 Å². The van der Waals surface area contributed by atoms with Crippen molar-refractivity contribution in [3.8, 4) is 0 Å². The number of hydrogen-bond donors (Lipinski definition) is 0. The van der Waals surface area contributed by atoms with Gasteiger partial charge in [-0.2, -0.15) is 0 Å². The molecule has 1 nitrogen and oxygen atoms in total. The van der Waals surface area contributed by atoms with Crippen LogP contribution >= 0.6 is 0 Å². The van der Waals surface area contributed by atoms with E-state index in [9.17, 15) is 0 Å². The van der Waals surface area contributed by atoms with E-state index in [-0.39, 0.29) is 0 Å². The predicted octanol–water partition coefficient (Wildman–Crippen LogP) is 5.45. The molecule has 1 aromatic rings. The molecule has 1 rings (SSSR count). The van der Waals surface area contributed by atoms with Gasteiger partial charge >= 0.3 is 0 Å². The Morgan fingerprint density at radius 3 is 1.79 bits per heavy atom. The third-order valence-electron chi connectivity index (χ3n) is 3.63. The zero-order chi connectivity index (χ0) is 13.8. The molecule has 0 spiro atoms. The molecule has 0 saturated heterocycles. The highest BCUT2D eigenvalue weighted by molar-refractivity contribution is 5.45. The minimum Gasteiger partial charge on any atom is -0.372 e. The molecule has 0 saturated carbocycles. The Labute approximate surface area is 120 Å². The Morgan fingerprint density at radius 2 is 1.32 bits per heavy atom. The number of rotatable bonds is 11. The molecule has 1 aromatic carbocycles. The third-order valence-corrected chi connectivity index (χ3v) is 3.63. The zero-order valence-electron chi connectivity index (χ0n) is 12.8. The van der Waals surface area contributed by atoms with Gasteiger partial charge in [0.15, 0.2) is 0 Å². The molecule has 0 atom stereocenters. The normalized spacial score (nSPS) is 10.6. The largest absolute Gasteiger partial charge is 0.372 e. The zero-order valence-corrected chi connectivity index (χ0v) is 12.8. The lowest BCUT2D eigenvalue weighted by molar-refractivity contribution is 0.609. The van der Waals surface area contributed by atoms with Gasteiger partial charge in [0.1, 0.15) is 0 Å². The number of anilines is 1. The standard InChI is InChI=1S/C18H30N/c1-3-5-7-12-16-19(17-13-8-6-4-2)18-14-10-9-11-15-18/h10-11,14-15H,3-8,12-13,16-17H2,1-2H3. The van der Waals surface area contributed by atoms with E-state index >= 15 is 0 Å². The molecule has 0 aliphatic heterocycles. The van der Waals surface area contributed by atoms with Crippen molar-refractivity contribution in [2.75, 3.05) is 18.0 Å². The summed E-state index contributed by atoms with van der Waals surface area (Å²) in [5, 5.41) is 0. The first kappa shape index (κ1) is 16.1. The van der Waals surface area contributed by atoms with E-state index in [2.05, 4.69) is 36.9 Å². The van der Waals surface area contributed by atoms with Gasteiger partial charge < -0.3 is 4.90 Å². The predicted molar refractivity (Wildman–Crippen MR) is 85.8 cm³/mol. The average Bonchev–Trinajstić information content (AvgIpc) is 2.46. The van der Waals surface area contributed by atoms with Crippen molar-refractivity contribution in [1.82, 2.24) is 0 Å². The van der Waals surface area contributed by atoms with E-state index in [1.165, 1.54) is 70.1 Å². The van der Waals surface area contributed by atoms with Crippen LogP contribution in [-0.4, -0.2) is 13.1 Å². The van der Waals surface area contributed by atoms with Gasteiger partial charge in [-0.05, 0) is 31.0 Å². The highest BCUT2D eigenvalue weighted by Gasteiger charge is 2.05. The highest BCUT2D eigenvalue weighted by Crippen LogP contribution is 2.16. The molecule has 0 N–H and O–H groups in total. The van der Waals surface area contributed by atoms with Gasteiger partial charge in [-0.25, -0.2) is 0 Å². The molecule has 0 aromatic heterocycles. The molecule has 0 fully saturated rings. The minimum absolute atomic E-state index is 1.20. The van der Waals surface area contributed by atoms with Gasteiger partial charge in [0.25, 0.3) is 0 Å². The molecule has 0 bridgehead atoms. The van der Waals surface area contributed by atoms with Crippen LogP contribution in [-0.2, 0) is 0 Å². The molecule has 0 aliphatic rings. The fourth-order valence-electron chi connectivity index (χ4n) is 2.42. The first-order chi connectivity index (χ1) is 9.38. The molecule has 1 radical (unpaired) electrons. The Balaban J connectivity index is 2.39. The van der Waals surface area contributed by atoms with Crippen molar-refractivity contribution < 1.29 is 0 Å². The van der Waals surface area contributed by atoms with Crippen LogP contribution in [0.25, 0.3) is 0 Å². The van der Waals surface area contributed by atoms with Gasteiger partial charge in [0.2, 0.25) is 0 Å². The van der Waals surface area contributed by atoms with Crippen LogP contribution in [0, 0.1) is 6.07 Å². The van der Waals surface area contributed by atoms with Gasteiger partial charge in [0, 0.05) is 18.8 Å². The Bertz CT molecular complexity index is 282. The molecule has 19 heavy (non-hydrogen) atoms. The van der Waals surface area contributed by atoms with E-state index in [1.807, 2.05) is 12.1 Å². The summed E-state index contributed by atoms with van der Waals surface area (Å²) in [5.74, 6) is 0. The monoisotopic (exact) mass is 260 g/mol. The lowest BCUT2D eigenvalue weighted by atomic mass is 10.1. The topological polar surface area (TPSA) is 3.24 Å². The second-order valence-corrected chi connectivity index (χ2v) is 5.37. The summed E-state index contributed by atoms with van der Waals surface area (Å²) in [6.45, 7) is 6.96. The second kappa shape index (κ2) is 10.9. The van der Waals surface area contributed by atoms with Crippen LogP contribution in [0.4, 0.5) is 5.69 Å². The SMILES string of the molecule is CCCCCCN(CCCCCC)c1cc[c]cc1. The van der Waals surface area contributed by atoms with Crippen molar-refractivity contribution in [2.24, 2.45) is 0 Å². The summed E-state index contributed by atoms with van der Waals surface area (Å²) in [6, 6.07) is 11.6. The van der Waals surface area contributed by atoms with E-state index in [1.54, 1.807) is 0 Å². The van der Waals surface area contributed by atoms with Gasteiger partial charge in [-0.15, -0.1) is 0 Å². The molecule has 0 aliphatic carbocycles. The molecule has 107 valence electrons. The number of hydrogen-bond acceptors (Lipinski definition) is 1. The lowest BCUT2D eigenvalue weighted by Gasteiger charge is -2.25. The van der Waals surface area contributed by atoms with E-state index in [4.69, 9.17) is 0 Å². The van der Waals surface area contributed by atoms with Crippen LogP contribution in [0.3, 0.4) is 0 Å². The van der Waals surface area contributed by atoms with E-state index < -0.39 is 0 Å². The van der Waals surface area contributed by atoms with Crippen molar-refractivity contribution >= 4 is 5.69 Å². The second-order valence-electron chi connectivity index (χ2n) is 5.37. The van der Waals surface area contributed by atoms with E-state index in [0.29, 0.717) is 0 Å². The highest BCUT2D eigenvalue weighted by atomic mass is 15.1. The summed E-state index contributed by atoms with van der Waals surface area (Å²) in [7, 11) is 0. The Kier molecular flexibility index (Phi) is 9.22. The summed E-state index contributed by atoms with van der Waals surface area (Å²) in [5.41, 5.74) is 1.37. The summed E-state index contributed by atoms with van der Waals surface area (Å²) < 4.78 is 0.